The molecule has 10 atom stereocenters. The predicted molar refractivity (Wildman–Crippen MR) is 107 cm³/mol. The molecule has 3 heterocycles. The summed E-state index contributed by atoms with van der Waals surface area (Å²) in [7, 11) is 3.28. The second-order valence-electron chi connectivity index (χ2n) is 8.69. The Kier molecular flexibility index (Phi) is 6.45. The molecule has 11 heteroatoms. The molecule has 0 radical (unpaired) electrons. The van der Waals surface area contributed by atoms with Crippen molar-refractivity contribution in [2.45, 2.75) is 80.2 Å². The predicted octanol–water partition coefficient (Wildman–Crippen LogP) is -2.38. The van der Waals surface area contributed by atoms with Gasteiger partial charge >= 0.3 is 0 Å². The first-order valence-electron chi connectivity index (χ1n) is 10.6. The summed E-state index contributed by atoms with van der Waals surface area (Å²) in [5, 5.41) is 53.5. The van der Waals surface area contributed by atoms with Crippen LogP contribution >= 0.6 is 0 Å². The molecular formula is C20H33N3O8. The van der Waals surface area contributed by atoms with Gasteiger partial charge in [-0.2, -0.15) is 0 Å². The zero-order valence-corrected chi connectivity index (χ0v) is 17.9. The van der Waals surface area contributed by atoms with Gasteiger partial charge in [-0.3, -0.25) is 0 Å². The Bertz CT molecular complexity index is 738. The molecule has 0 amide bonds. The lowest BCUT2D eigenvalue weighted by molar-refractivity contribution is -0.482. The van der Waals surface area contributed by atoms with Gasteiger partial charge in [0.1, 0.15) is 29.7 Å². The van der Waals surface area contributed by atoms with Crippen molar-refractivity contribution in [1.82, 2.24) is 16.0 Å². The average molecular weight is 443 g/mol. The Morgan fingerprint density at radius 1 is 1.06 bits per heavy atom. The maximum Gasteiger partial charge on any atom is 0.249 e. The number of ether oxygens (including phenoxy) is 3. The molecule has 0 bridgehead atoms. The summed E-state index contributed by atoms with van der Waals surface area (Å²) in [6.45, 7) is 2.09. The van der Waals surface area contributed by atoms with Crippen molar-refractivity contribution in [3.05, 3.63) is 24.2 Å². The van der Waals surface area contributed by atoms with Crippen molar-refractivity contribution in [2.75, 3.05) is 20.6 Å². The first-order valence-corrected chi connectivity index (χ1v) is 10.6. The van der Waals surface area contributed by atoms with Gasteiger partial charge in [-0.25, -0.2) is 0 Å². The van der Waals surface area contributed by atoms with E-state index >= 15 is 0 Å². The van der Waals surface area contributed by atoms with E-state index in [1.54, 1.807) is 39.4 Å². The lowest BCUT2D eigenvalue weighted by Crippen LogP contribution is -2.81. The monoisotopic (exact) mass is 443 g/mol. The quantitative estimate of drug-likeness (QED) is 0.252. The normalized spacial score (nSPS) is 47.6. The molecule has 11 nitrogen and oxygen atoms in total. The third kappa shape index (κ3) is 3.82. The minimum Gasteiger partial charge on any atom is -0.468 e. The van der Waals surface area contributed by atoms with Gasteiger partial charge in [0.2, 0.25) is 12.1 Å². The fourth-order valence-corrected chi connectivity index (χ4v) is 5.03. The average Bonchev–Trinajstić information content (AvgIpc) is 3.22. The number of likely N-dealkylation sites (N-methyl/N-ethyl adjacent to an activating group) is 2. The van der Waals surface area contributed by atoms with Gasteiger partial charge in [-0.1, -0.05) is 0 Å². The van der Waals surface area contributed by atoms with Crippen LogP contribution in [0.2, 0.25) is 0 Å². The topological polar surface area (TPSA) is 158 Å². The van der Waals surface area contributed by atoms with Crippen LogP contribution in [0.25, 0.3) is 0 Å². The van der Waals surface area contributed by atoms with Crippen molar-refractivity contribution in [2.24, 2.45) is 0 Å². The fourth-order valence-electron chi connectivity index (χ4n) is 5.03. The highest BCUT2D eigenvalue weighted by Gasteiger charge is 2.68. The zero-order valence-electron chi connectivity index (χ0n) is 17.9. The SMILES string of the molecule is CN[C@@H]1[C@H](O)[C@H](NC)[C@H]2O[C@]3(O)[C@H](O[C@@H]2[C@H]1O)O[C@H](C)C[C@@]3(O)CNCc1ccco1. The van der Waals surface area contributed by atoms with Gasteiger partial charge in [0.05, 0.1) is 37.1 Å². The lowest BCUT2D eigenvalue weighted by atomic mass is 9.77. The fraction of sp³-hybridized carbons (Fsp3) is 0.800. The molecule has 0 aromatic carbocycles. The summed E-state index contributed by atoms with van der Waals surface area (Å²) >= 11 is 0. The van der Waals surface area contributed by atoms with E-state index < -0.39 is 60.3 Å². The van der Waals surface area contributed by atoms with Crippen LogP contribution in [0.4, 0.5) is 0 Å². The highest BCUT2D eigenvalue weighted by Crippen LogP contribution is 2.46. The van der Waals surface area contributed by atoms with Gasteiger partial charge in [-0.15, -0.1) is 0 Å². The van der Waals surface area contributed by atoms with Crippen LogP contribution < -0.4 is 16.0 Å². The molecule has 3 fully saturated rings. The number of fused-ring (bicyclic) bond motifs is 2. The summed E-state index contributed by atoms with van der Waals surface area (Å²) < 4.78 is 23.1. The van der Waals surface area contributed by atoms with Gasteiger partial charge in [0, 0.05) is 13.0 Å². The summed E-state index contributed by atoms with van der Waals surface area (Å²) in [6.07, 6.45) is -4.10. The Hall–Kier alpha value is -1.12. The number of nitrogens with one attached hydrogen (secondary N) is 3. The van der Waals surface area contributed by atoms with Crippen LogP contribution in [0.3, 0.4) is 0 Å². The summed E-state index contributed by atoms with van der Waals surface area (Å²) in [6, 6.07) is 2.21. The van der Waals surface area contributed by atoms with Crippen molar-refractivity contribution < 1.29 is 39.1 Å². The number of hydrogen-bond acceptors (Lipinski definition) is 11. The highest BCUT2D eigenvalue weighted by atomic mass is 16.8. The maximum absolute atomic E-state index is 11.5. The molecule has 0 unspecified atom stereocenters. The van der Waals surface area contributed by atoms with E-state index in [0.29, 0.717) is 12.3 Å². The van der Waals surface area contributed by atoms with E-state index in [2.05, 4.69) is 16.0 Å². The Morgan fingerprint density at radius 2 is 1.81 bits per heavy atom. The molecule has 2 saturated heterocycles. The molecular weight excluding hydrogens is 410 g/mol. The van der Waals surface area contributed by atoms with E-state index in [4.69, 9.17) is 18.6 Å². The molecule has 1 aromatic heterocycles. The molecule has 1 aliphatic carbocycles. The Morgan fingerprint density at radius 3 is 2.45 bits per heavy atom. The molecule has 176 valence electrons. The van der Waals surface area contributed by atoms with E-state index in [1.807, 2.05) is 0 Å². The van der Waals surface area contributed by atoms with E-state index in [9.17, 15) is 20.4 Å². The van der Waals surface area contributed by atoms with Crippen molar-refractivity contribution in [1.29, 1.82) is 0 Å². The molecule has 1 aromatic rings. The summed E-state index contributed by atoms with van der Waals surface area (Å²) in [5.74, 6) is -1.54. The molecule has 2 aliphatic heterocycles. The standard InChI is InChI=1S/C20H33N3O8/c1-10-7-19(26,9-23-8-11-5-4-6-28-11)20(27)18(29-10)30-17-15(25)12(21-2)14(24)13(22-3)16(17)31-20/h4-6,10,12-18,21-27H,7-9H2,1-3H3/t10-,12-,13+,14+,15+,16-,17-,18+,19-,20-/m1/s1. The maximum atomic E-state index is 11.5. The number of rotatable bonds is 6. The molecule has 1 saturated carbocycles. The zero-order chi connectivity index (χ0) is 22.4. The highest BCUT2D eigenvalue weighted by molar-refractivity contribution is 5.12. The summed E-state index contributed by atoms with van der Waals surface area (Å²) in [5.41, 5.74) is -1.76. The smallest absolute Gasteiger partial charge is 0.249 e. The molecule has 3 aliphatic rings. The van der Waals surface area contributed by atoms with Gasteiger partial charge in [0.25, 0.3) is 0 Å². The van der Waals surface area contributed by atoms with Crippen molar-refractivity contribution >= 4 is 0 Å². The molecule has 0 spiro atoms. The van der Waals surface area contributed by atoms with E-state index in [-0.39, 0.29) is 13.0 Å². The number of aliphatic hydroxyl groups is 4. The summed E-state index contributed by atoms with van der Waals surface area (Å²) in [4.78, 5) is 0. The van der Waals surface area contributed by atoms with E-state index in [1.165, 1.54) is 0 Å². The first-order chi connectivity index (χ1) is 14.7. The van der Waals surface area contributed by atoms with Crippen LogP contribution in [0.15, 0.2) is 22.8 Å². The van der Waals surface area contributed by atoms with Crippen LogP contribution in [0.5, 0.6) is 0 Å². The van der Waals surface area contributed by atoms with Crippen molar-refractivity contribution in [3.8, 4) is 0 Å². The third-order valence-corrected chi connectivity index (χ3v) is 6.65. The van der Waals surface area contributed by atoms with Crippen LogP contribution in [-0.2, 0) is 20.8 Å². The van der Waals surface area contributed by atoms with Crippen LogP contribution in [-0.4, -0.2) is 101 Å². The van der Waals surface area contributed by atoms with Gasteiger partial charge in [0.15, 0.2) is 0 Å². The number of furan rings is 1. The largest absolute Gasteiger partial charge is 0.468 e. The minimum atomic E-state index is -2.22. The number of aliphatic hydroxyl groups excluding tert-OH is 2. The lowest BCUT2D eigenvalue weighted by Gasteiger charge is -2.60. The Balaban J connectivity index is 1.58. The first kappa shape index (κ1) is 23.1. The van der Waals surface area contributed by atoms with Gasteiger partial charge < -0.3 is 55.0 Å². The molecule has 7 N–H and O–H groups in total. The second kappa shape index (κ2) is 8.67. The van der Waals surface area contributed by atoms with Crippen LogP contribution in [0.1, 0.15) is 19.1 Å². The van der Waals surface area contributed by atoms with E-state index in [0.717, 1.165) is 0 Å². The Labute approximate surface area is 180 Å². The molecule has 4 rings (SSSR count). The number of hydrogen-bond donors (Lipinski definition) is 7. The minimum absolute atomic E-state index is 0.0242. The van der Waals surface area contributed by atoms with Gasteiger partial charge in [-0.05, 0) is 33.2 Å². The van der Waals surface area contributed by atoms with Crippen molar-refractivity contribution in [3.63, 3.8) is 0 Å². The second-order valence-corrected chi connectivity index (χ2v) is 8.69. The van der Waals surface area contributed by atoms with Crippen LogP contribution in [0, 0.1) is 0 Å². The third-order valence-electron chi connectivity index (χ3n) is 6.65. The molecule has 31 heavy (non-hydrogen) atoms.